The lowest BCUT2D eigenvalue weighted by atomic mass is 9.89. The first-order valence-electron chi connectivity index (χ1n) is 6.94. The molecule has 2 rings (SSSR count). The summed E-state index contributed by atoms with van der Waals surface area (Å²) in [5, 5.41) is 0. The van der Waals surface area contributed by atoms with E-state index in [-0.39, 0.29) is 11.7 Å². The normalized spacial score (nSPS) is 11.4. The van der Waals surface area contributed by atoms with Gasteiger partial charge in [-0.1, -0.05) is 69.1 Å². The van der Waals surface area contributed by atoms with E-state index in [0.29, 0.717) is 25.7 Å². The van der Waals surface area contributed by atoms with Gasteiger partial charge in [-0.15, -0.1) is 11.3 Å². The maximum absolute atomic E-state index is 12.8. The molecular formula is C17H18Cl2OS. The number of rotatable bonds is 4. The zero-order valence-electron chi connectivity index (χ0n) is 12.5. The van der Waals surface area contributed by atoms with E-state index in [1.54, 1.807) is 6.07 Å². The minimum Gasteiger partial charge on any atom is -0.289 e. The monoisotopic (exact) mass is 340 g/mol. The van der Waals surface area contributed by atoms with Crippen LogP contribution in [0.15, 0.2) is 24.3 Å². The molecule has 1 aromatic carbocycles. The fraction of sp³-hybridized carbons (Fsp3) is 0.353. The van der Waals surface area contributed by atoms with Crippen LogP contribution in [-0.2, 0) is 0 Å². The Morgan fingerprint density at radius 3 is 2.14 bits per heavy atom. The summed E-state index contributed by atoms with van der Waals surface area (Å²) < 4.78 is 0.987. The van der Waals surface area contributed by atoms with Gasteiger partial charge in [0.1, 0.15) is 4.34 Å². The van der Waals surface area contributed by atoms with Crippen molar-refractivity contribution < 1.29 is 4.79 Å². The van der Waals surface area contributed by atoms with E-state index in [2.05, 4.69) is 33.8 Å². The molecule has 0 bridgehead atoms. The third kappa shape index (κ3) is 3.50. The zero-order valence-corrected chi connectivity index (χ0v) is 14.9. The average Bonchev–Trinajstić information content (AvgIpc) is 2.76. The second kappa shape index (κ2) is 6.51. The molecule has 0 atom stereocenters. The van der Waals surface area contributed by atoms with Crippen LogP contribution in [0.25, 0.3) is 0 Å². The molecule has 0 spiro atoms. The Kier molecular flexibility index (Phi) is 5.13. The van der Waals surface area contributed by atoms with Gasteiger partial charge in [-0.05, 0) is 29.0 Å². The average molecular weight is 341 g/mol. The highest BCUT2D eigenvalue weighted by molar-refractivity contribution is 7.20. The fourth-order valence-corrected chi connectivity index (χ4v) is 3.72. The molecule has 4 heteroatoms. The summed E-state index contributed by atoms with van der Waals surface area (Å²) in [5.41, 5.74) is 3.51. The van der Waals surface area contributed by atoms with E-state index in [4.69, 9.17) is 23.2 Å². The fourth-order valence-electron chi connectivity index (χ4n) is 2.26. The molecule has 0 aliphatic carbocycles. The SMILES string of the molecule is CC(C)c1ccc(C(=O)c2cc(Cl)sc2Cl)c(C(C)C)c1. The van der Waals surface area contributed by atoms with Gasteiger partial charge in [0.2, 0.25) is 0 Å². The van der Waals surface area contributed by atoms with Gasteiger partial charge in [0.25, 0.3) is 0 Å². The highest BCUT2D eigenvalue weighted by Crippen LogP contribution is 2.34. The van der Waals surface area contributed by atoms with Crippen LogP contribution in [0, 0.1) is 0 Å². The summed E-state index contributed by atoms with van der Waals surface area (Å²) in [6.07, 6.45) is 0. The second-order valence-electron chi connectivity index (χ2n) is 5.72. The summed E-state index contributed by atoms with van der Waals surface area (Å²) >= 11 is 13.3. The molecule has 0 unspecified atom stereocenters. The van der Waals surface area contributed by atoms with Crippen molar-refractivity contribution in [1.29, 1.82) is 0 Å². The van der Waals surface area contributed by atoms with Crippen molar-refractivity contribution in [3.05, 3.63) is 55.2 Å². The van der Waals surface area contributed by atoms with Crippen LogP contribution >= 0.6 is 34.5 Å². The number of carbonyl (C=O) groups excluding carboxylic acids is 1. The van der Waals surface area contributed by atoms with Gasteiger partial charge in [0.05, 0.1) is 9.90 Å². The van der Waals surface area contributed by atoms with Gasteiger partial charge in [-0.25, -0.2) is 0 Å². The first-order valence-corrected chi connectivity index (χ1v) is 8.51. The largest absolute Gasteiger partial charge is 0.289 e. The van der Waals surface area contributed by atoms with Gasteiger partial charge in [0.15, 0.2) is 5.78 Å². The lowest BCUT2D eigenvalue weighted by Gasteiger charge is -2.15. The summed E-state index contributed by atoms with van der Waals surface area (Å²) in [6.45, 7) is 8.49. The molecule has 1 aromatic heterocycles. The Morgan fingerprint density at radius 1 is 1.00 bits per heavy atom. The predicted octanol–water partition coefficient (Wildman–Crippen LogP) is 6.53. The Labute approximate surface area is 139 Å². The number of benzene rings is 1. The molecule has 0 saturated carbocycles. The number of hydrogen-bond donors (Lipinski definition) is 0. The van der Waals surface area contributed by atoms with Gasteiger partial charge in [-0.2, -0.15) is 0 Å². The van der Waals surface area contributed by atoms with E-state index >= 15 is 0 Å². The van der Waals surface area contributed by atoms with Crippen molar-refractivity contribution >= 4 is 40.3 Å². The van der Waals surface area contributed by atoms with Gasteiger partial charge >= 0.3 is 0 Å². The number of hydrogen-bond acceptors (Lipinski definition) is 2. The molecule has 21 heavy (non-hydrogen) atoms. The van der Waals surface area contributed by atoms with Crippen LogP contribution < -0.4 is 0 Å². The summed E-state index contributed by atoms with van der Waals surface area (Å²) in [7, 11) is 0. The first-order chi connectivity index (χ1) is 9.81. The number of thiophene rings is 1. The van der Waals surface area contributed by atoms with E-state index in [1.807, 2.05) is 12.1 Å². The maximum atomic E-state index is 12.8. The third-order valence-electron chi connectivity index (χ3n) is 3.51. The standard InChI is InChI=1S/C17H18Cl2OS/c1-9(2)11-5-6-12(13(7-11)10(3)4)16(20)14-8-15(18)21-17(14)19/h5-10H,1-4H3. The van der Waals surface area contributed by atoms with Gasteiger partial charge < -0.3 is 0 Å². The molecule has 112 valence electrons. The molecule has 0 fully saturated rings. The minimum atomic E-state index is -0.0536. The lowest BCUT2D eigenvalue weighted by Crippen LogP contribution is -2.07. The van der Waals surface area contributed by atoms with E-state index in [1.165, 1.54) is 16.9 Å². The Bertz CT molecular complexity index is 671. The minimum absolute atomic E-state index is 0.0536. The van der Waals surface area contributed by atoms with Crippen molar-refractivity contribution in [1.82, 2.24) is 0 Å². The van der Waals surface area contributed by atoms with Gasteiger partial charge in [0, 0.05) is 5.56 Å². The molecule has 0 saturated heterocycles. The van der Waals surface area contributed by atoms with E-state index < -0.39 is 0 Å². The molecule has 0 aliphatic rings. The second-order valence-corrected chi connectivity index (χ2v) is 8.01. The number of carbonyl (C=O) groups is 1. The van der Waals surface area contributed by atoms with E-state index in [9.17, 15) is 4.79 Å². The third-order valence-corrected chi connectivity index (χ3v) is 5.00. The van der Waals surface area contributed by atoms with Crippen LogP contribution in [0.1, 0.15) is 66.6 Å². The molecule has 1 heterocycles. The Balaban J connectivity index is 2.52. The van der Waals surface area contributed by atoms with E-state index in [0.717, 1.165) is 5.56 Å². The molecule has 1 nitrogen and oxygen atoms in total. The topological polar surface area (TPSA) is 17.1 Å². The molecule has 0 aliphatic heterocycles. The number of ketones is 1. The molecule has 0 radical (unpaired) electrons. The van der Waals surface area contributed by atoms with Gasteiger partial charge in [-0.3, -0.25) is 4.79 Å². The zero-order chi connectivity index (χ0) is 15.7. The van der Waals surface area contributed by atoms with Crippen molar-refractivity contribution in [2.24, 2.45) is 0 Å². The van der Waals surface area contributed by atoms with Crippen LogP contribution in [0.3, 0.4) is 0 Å². The van der Waals surface area contributed by atoms with Crippen LogP contribution in [0.4, 0.5) is 0 Å². The van der Waals surface area contributed by atoms with Crippen LogP contribution in [0.2, 0.25) is 8.67 Å². The Morgan fingerprint density at radius 2 is 1.67 bits per heavy atom. The van der Waals surface area contributed by atoms with Crippen molar-refractivity contribution in [2.45, 2.75) is 39.5 Å². The molecule has 2 aromatic rings. The lowest BCUT2D eigenvalue weighted by molar-refractivity contribution is 0.103. The molecule has 0 N–H and O–H groups in total. The van der Waals surface area contributed by atoms with Crippen molar-refractivity contribution in [3.63, 3.8) is 0 Å². The predicted molar refractivity (Wildman–Crippen MR) is 92.4 cm³/mol. The highest BCUT2D eigenvalue weighted by Gasteiger charge is 2.20. The molecule has 0 amide bonds. The van der Waals surface area contributed by atoms with Crippen molar-refractivity contribution in [3.8, 4) is 0 Å². The highest BCUT2D eigenvalue weighted by atomic mass is 35.5. The first kappa shape index (κ1) is 16.5. The maximum Gasteiger partial charge on any atom is 0.195 e. The molecular weight excluding hydrogens is 323 g/mol. The summed E-state index contributed by atoms with van der Waals surface area (Å²) in [5.74, 6) is 0.656. The smallest absolute Gasteiger partial charge is 0.195 e. The summed E-state index contributed by atoms with van der Waals surface area (Å²) in [6, 6.07) is 7.71. The van der Waals surface area contributed by atoms with Crippen molar-refractivity contribution in [2.75, 3.05) is 0 Å². The van der Waals surface area contributed by atoms with Crippen LogP contribution in [0.5, 0.6) is 0 Å². The Hall–Kier alpha value is -0.830. The number of halogens is 2. The van der Waals surface area contributed by atoms with Crippen LogP contribution in [-0.4, -0.2) is 5.78 Å². The quantitative estimate of drug-likeness (QED) is 0.578. The summed E-state index contributed by atoms with van der Waals surface area (Å²) in [4.78, 5) is 12.8.